The van der Waals surface area contributed by atoms with Gasteiger partial charge in [-0.1, -0.05) is 0 Å². The standard InChI is InChI=1S/C19H24N2O8S/c1-9-15(27-3)5-14(23)11-7-30-8-13(18(25)28-4)21-17(24)12(20-10(2)22)6-29-19(26)16(9)11/h5,12-13,23H,6-8H2,1-4H3,(H,20,22)(H,21,24)/t12-,13+/m0/s1. The van der Waals surface area contributed by atoms with Gasteiger partial charge in [0.1, 0.15) is 30.2 Å². The number of ether oxygens (including phenoxy) is 3. The molecule has 2 rings (SSSR count). The van der Waals surface area contributed by atoms with Crippen molar-refractivity contribution >= 4 is 35.5 Å². The van der Waals surface area contributed by atoms with Crippen LogP contribution in [0.1, 0.15) is 28.4 Å². The summed E-state index contributed by atoms with van der Waals surface area (Å²) in [7, 11) is 2.60. The van der Waals surface area contributed by atoms with Crippen LogP contribution in [0.2, 0.25) is 0 Å². The molecule has 0 aliphatic carbocycles. The number of carbonyl (C=O) groups is 4. The van der Waals surface area contributed by atoms with Gasteiger partial charge in [0.25, 0.3) is 0 Å². The number of hydrogen-bond acceptors (Lipinski definition) is 9. The van der Waals surface area contributed by atoms with E-state index in [2.05, 4.69) is 10.6 Å². The number of rotatable bonds is 3. The monoisotopic (exact) mass is 440 g/mol. The van der Waals surface area contributed by atoms with Gasteiger partial charge in [-0.25, -0.2) is 9.59 Å². The van der Waals surface area contributed by atoms with Crippen molar-refractivity contribution in [3.8, 4) is 11.5 Å². The van der Waals surface area contributed by atoms with Crippen molar-refractivity contribution in [3.05, 3.63) is 22.8 Å². The van der Waals surface area contributed by atoms with E-state index in [1.807, 2.05) is 0 Å². The van der Waals surface area contributed by atoms with Crippen LogP contribution in [0.25, 0.3) is 0 Å². The van der Waals surface area contributed by atoms with Crippen molar-refractivity contribution in [1.82, 2.24) is 10.6 Å². The molecule has 30 heavy (non-hydrogen) atoms. The molecule has 1 aliphatic heterocycles. The summed E-state index contributed by atoms with van der Waals surface area (Å²) in [6, 6.07) is -0.817. The number of amides is 2. The summed E-state index contributed by atoms with van der Waals surface area (Å²) in [5.41, 5.74) is 0.879. The van der Waals surface area contributed by atoms with Gasteiger partial charge in [-0.05, 0) is 6.92 Å². The Morgan fingerprint density at radius 3 is 2.63 bits per heavy atom. The van der Waals surface area contributed by atoms with Gasteiger partial charge in [-0.3, -0.25) is 9.59 Å². The van der Waals surface area contributed by atoms with E-state index < -0.39 is 42.4 Å². The number of benzene rings is 1. The molecule has 164 valence electrons. The van der Waals surface area contributed by atoms with Crippen LogP contribution in [0.4, 0.5) is 0 Å². The van der Waals surface area contributed by atoms with Crippen LogP contribution in [0, 0.1) is 6.92 Å². The maximum atomic E-state index is 12.8. The SMILES string of the molecule is COC(=O)[C@H]1CSCc2c(O)cc(OC)c(C)c2C(=O)OC[C@H](NC(C)=O)C(=O)N1. The van der Waals surface area contributed by atoms with Crippen LogP contribution < -0.4 is 15.4 Å². The molecular formula is C19H24N2O8S. The minimum atomic E-state index is -1.22. The van der Waals surface area contributed by atoms with Crippen LogP contribution in [-0.2, 0) is 29.6 Å². The van der Waals surface area contributed by atoms with Crippen molar-refractivity contribution in [2.45, 2.75) is 31.7 Å². The second-order valence-electron chi connectivity index (χ2n) is 6.53. The molecule has 0 bridgehead atoms. The lowest BCUT2D eigenvalue weighted by molar-refractivity contribution is -0.144. The Balaban J connectivity index is 2.48. The number of thioether (sulfide) groups is 1. The maximum absolute atomic E-state index is 12.8. The Bertz CT molecular complexity index is 857. The minimum Gasteiger partial charge on any atom is -0.507 e. The normalized spacial score (nSPS) is 19.9. The molecule has 0 unspecified atom stereocenters. The van der Waals surface area contributed by atoms with E-state index in [1.165, 1.54) is 39.0 Å². The average Bonchev–Trinajstić information content (AvgIpc) is 2.70. The zero-order valence-electron chi connectivity index (χ0n) is 17.1. The number of phenolic OH excluding ortho intramolecular Hbond substituents is 1. The summed E-state index contributed by atoms with van der Waals surface area (Å²) < 4.78 is 15.2. The first-order valence-electron chi connectivity index (χ1n) is 8.99. The number of carbonyl (C=O) groups excluding carboxylic acids is 4. The van der Waals surface area contributed by atoms with E-state index in [4.69, 9.17) is 14.2 Å². The fourth-order valence-corrected chi connectivity index (χ4v) is 4.02. The number of hydrogen-bond donors (Lipinski definition) is 3. The predicted octanol–water partition coefficient (Wildman–Crippen LogP) is 0.275. The van der Waals surface area contributed by atoms with Crippen LogP contribution in [0.15, 0.2) is 6.07 Å². The first kappa shape index (κ1) is 23.3. The number of nitrogens with one attached hydrogen (secondary N) is 2. The topological polar surface area (TPSA) is 140 Å². The quantitative estimate of drug-likeness (QED) is 0.565. The predicted molar refractivity (Wildman–Crippen MR) is 107 cm³/mol. The van der Waals surface area contributed by atoms with Crippen LogP contribution in [0.3, 0.4) is 0 Å². The fourth-order valence-electron chi connectivity index (χ4n) is 2.95. The minimum absolute atomic E-state index is 0.108. The molecule has 1 aromatic rings. The summed E-state index contributed by atoms with van der Waals surface area (Å²) in [6.07, 6.45) is 0. The van der Waals surface area contributed by atoms with E-state index in [0.29, 0.717) is 16.9 Å². The van der Waals surface area contributed by atoms with Crippen molar-refractivity contribution in [2.24, 2.45) is 0 Å². The molecule has 0 fully saturated rings. The highest BCUT2D eigenvalue weighted by molar-refractivity contribution is 7.98. The molecule has 0 radical (unpaired) electrons. The number of cyclic esters (lactones) is 1. The lowest BCUT2D eigenvalue weighted by Crippen LogP contribution is -2.54. The van der Waals surface area contributed by atoms with E-state index >= 15 is 0 Å². The number of aromatic hydroxyl groups is 1. The lowest BCUT2D eigenvalue weighted by atomic mass is 10.0. The van der Waals surface area contributed by atoms with Crippen molar-refractivity contribution < 1.29 is 38.5 Å². The molecule has 1 aliphatic rings. The molecule has 2 amide bonds. The molecule has 1 aromatic carbocycles. The third-order valence-corrected chi connectivity index (χ3v) is 5.52. The first-order chi connectivity index (χ1) is 14.2. The number of esters is 2. The van der Waals surface area contributed by atoms with E-state index in [-0.39, 0.29) is 22.8 Å². The molecule has 0 spiro atoms. The van der Waals surface area contributed by atoms with Crippen molar-refractivity contribution in [1.29, 1.82) is 0 Å². The highest BCUT2D eigenvalue weighted by Gasteiger charge is 2.31. The molecule has 1 heterocycles. The fraction of sp³-hybridized carbons (Fsp3) is 0.474. The largest absolute Gasteiger partial charge is 0.507 e. The van der Waals surface area contributed by atoms with Crippen molar-refractivity contribution in [2.75, 3.05) is 26.6 Å². The zero-order chi connectivity index (χ0) is 22.4. The summed E-state index contributed by atoms with van der Waals surface area (Å²) >= 11 is 1.21. The van der Waals surface area contributed by atoms with Gasteiger partial charge >= 0.3 is 11.9 Å². The third-order valence-electron chi connectivity index (χ3n) is 4.46. The second kappa shape index (κ2) is 10.2. The second-order valence-corrected chi connectivity index (χ2v) is 7.56. The van der Waals surface area contributed by atoms with Gasteiger partial charge in [-0.2, -0.15) is 11.8 Å². The number of phenols is 1. The molecule has 10 nitrogen and oxygen atoms in total. The number of methoxy groups -OCH3 is 2. The zero-order valence-corrected chi connectivity index (χ0v) is 17.9. The number of fused-ring (bicyclic) bond motifs is 1. The molecule has 2 atom stereocenters. The Morgan fingerprint density at radius 1 is 1.33 bits per heavy atom. The van der Waals surface area contributed by atoms with Crippen LogP contribution >= 0.6 is 11.8 Å². The molecule has 11 heteroatoms. The summed E-state index contributed by atoms with van der Waals surface area (Å²) in [5, 5.41) is 15.3. The summed E-state index contributed by atoms with van der Waals surface area (Å²) in [6.45, 7) is 2.38. The third kappa shape index (κ3) is 5.35. The Morgan fingerprint density at radius 2 is 2.03 bits per heavy atom. The highest BCUT2D eigenvalue weighted by Crippen LogP contribution is 2.35. The van der Waals surface area contributed by atoms with Crippen LogP contribution in [-0.4, -0.2) is 67.5 Å². The van der Waals surface area contributed by atoms with Gasteiger partial charge in [0.2, 0.25) is 11.8 Å². The summed E-state index contributed by atoms with van der Waals surface area (Å²) in [4.78, 5) is 48.9. The molecule has 3 N–H and O–H groups in total. The summed E-state index contributed by atoms with van der Waals surface area (Å²) in [5.74, 6) is -2.23. The van der Waals surface area contributed by atoms with Gasteiger partial charge in [0.15, 0.2) is 0 Å². The Hall–Kier alpha value is -2.95. The Kier molecular flexibility index (Phi) is 7.93. The van der Waals surface area contributed by atoms with Gasteiger partial charge in [0, 0.05) is 35.6 Å². The average molecular weight is 440 g/mol. The molecular weight excluding hydrogens is 416 g/mol. The van der Waals surface area contributed by atoms with E-state index in [1.54, 1.807) is 6.92 Å². The first-order valence-corrected chi connectivity index (χ1v) is 10.1. The van der Waals surface area contributed by atoms with E-state index in [9.17, 15) is 24.3 Å². The molecule has 0 saturated carbocycles. The van der Waals surface area contributed by atoms with Gasteiger partial charge in [0.05, 0.1) is 19.8 Å². The molecule has 0 saturated heterocycles. The maximum Gasteiger partial charge on any atom is 0.339 e. The lowest BCUT2D eigenvalue weighted by Gasteiger charge is -2.24. The highest BCUT2D eigenvalue weighted by atomic mass is 32.2. The Labute approximate surface area is 177 Å². The van der Waals surface area contributed by atoms with Crippen molar-refractivity contribution in [3.63, 3.8) is 0 Å². The molecule has 0 aromatic heterocycles. The van der Waals surface area contributed by atoms with Gasteiger partial charge < -0.3 is 30.0 Å². The van der Waals surface area contributed by atoms with Crippen LogP contribution in [0.5, 0.6) is 11.5 Å². The smallest absolute Gasteiger partial charge is 0.339 e. The van der Waals surface area contributed by atoms with E-state index in [0.717, 1.165) is 0 Å². The van der Waals surface area contributed by atoms with Gasteiger partial charge in [-0.15, -0.1) is 0 Å².